The zero-order chi connectivity index (χ0) is 23.8. The number of morpholine rings is 1. The molecule has 1 atom stereocenters. The fraction of sp³-hybridized carbons (Fsp3) is 0.435. The summed E-state index contributed by atoms with van der Waals surface area (Å²) in [5, 5.41) is 10.6. The first kappa shape index (κ1) is 24.3. The molecule has 1 aromatic heterocycles. The predicted octanol–water partition coefficient (Wildman–Crippen LogP) is 1.42. The topological polar surface area (TPSA) is 125 Å². The maximum Gasteiger partial charge on any atom is 0.343 e. The summed E-state index contributed by atoms with van der Waals surface area (Å²) in [6.07, 6.45) is -0.230. The van der Waals surface area contributed by atoms with E-state index in [0.29, 0.717) is 44.2 Å². The van der Waals surface area contributed by atoms with Crippen LogP contribution in [0.5, 0.6) is 11.5 Å². The van der Waals surface area contributed by atoms with Gasteiger partial charge in [0.1, 0.15) is 11.5 Å². The van der Waals surface area contributed by atoms with Crippen LogP contribution in [0.15, 0.2) is 39.5 Å². The Hall–Kier alpha value is -3.37. The molecular formula is C23H27NO9. The second-order valence-electron chi connectivity index (χ2n) is 7.41. The molecule has 2 aromatic rings. The minimum atomic E-state index is -0.899. The number of hydrogen-bond acceptors (Lipinski definition) is 10. The Morgan fingerprint density at radius 1 is 1.12 bits per heavy atom. The number of nitrogens with zero attached hydrogens (tertiary/aromatic N) is 1. The van der Waals surface area contributed by atoms with Crippen LogP contribution in [0, 0.1) is 0 Å². The zero-order valence-corrected chi connectivity index (χ0v) is 18.6. The molecule has 10 nitrogen and oxygen atoms in total. The van der Waals surface area contributed by atoms with Gasteiger partial charge >= 0.3 is 11.9 Å². The van der Waals surface area contributed by atoms with Crippen molar-refractivity contribution in [3.8, 4) is 11.5 Å². The van der Waals surface area contributed by atoms with Crippen LogP contribution in [-0.2, 0) is 30.3 Å². The summed E-state index contributed by atoms with van der Waals surface area (Å²) in [7, 11) is 2.48. The van der Waals surface area contributed by atoms with E-state index in [1.807, 2.05) is 0 Å². The van der Waals surface area contributed by atoms with Crippen molar-refractivity contribution in [2.24, 2.45) is 0 Å². The molecule has 10 heteroatoms. The summed E-state index contributed by atoms with van der Waals surface area (Å²) in [6, 6.07) is 7.90. The van der Waals surface area contributed by atoms with Crippen molar-refractivity contribution in [1.82, 2.24) is 4.90 Å². The van der Waals surface area contributed by atoms with Gasteiger partial charge in [-0.15, -0.1) is 0 Å². The van der Waals surface area contributed by atoms with E-state index >= 15 is 0 Å². The lowest BCUT2D eigenvalue weighted by molar-refractivity contribution is -0.143. The van der Waals surface area contributed by atoms with Crippen LogP contribution in [-0.4, -0.2) is 69.1 Å². The first-order chi connectivity index (χ1) is 15.9. The summed E-state index contributed by atoms with van der Waals surface area (Å²) in [4.78, 5) is 38.4. The fourth-order valence-electron chi connectivity index (χ4n) is 3.54. The van der Waals surface area contributed by atoms with Crippen molar-refractivity contribution in [3.63, 3.8) is 0 Å². The van der Waals surface area contributed by atoms with Gasteiger partial charge in [-0.1, -0.05) is 18.2 Å². The molecule has 33 heavy (non-hydrogen) atoms. The van der Waals surface area contributed by atoms with Gasteiger partial charge in [0.2, 0.25) is 11.2 Å². The standard InChI is InChI=1S/C23H27NO9/c1-29-20(26)12-17(16-5-3-4-6-19(16)32-14-21(27)30-2)23-22(28)18(25)11-15(33-23)13-24-7-9-31-10-8-24/h3-6,11,17,28H,7-10,12-14H2,1-2H3/t17-/m1/s1. The number of para-hydroxylation sites is 1. The molecule has 1 N–H and O–H groups in total. The normalized spacial score (nSPS) is 15.0. The van der Waals surface area contributed by atoms with Gasteiger partial charge in [0.05, 0.1) is 46.3 Å². The Labute approximate surface area is 190 Å². The molecular weight excluding hydrogens is 434 g/mol. The van der Waals surface area contributed by atoms with Gasteiger partial charge in [0, 0.05) is 24.7 Å². The molecule has 1 aliphatic rings. The molecule has 2 heterocycles. The average Bonchev–Trinajstić information content (AvgIpc) is 2.84. The number of methoxy groups -OCH3 is 2. The zero-order valence-electron chi connectivity index (χ0n) is 18.6. The van der Waals surface area contributed by atoms with Crippen LogP contribution in [0.4, 0.5) is 0 Å². The average molecular weight is 461 g/mol. The number of aromatic hydroxyl groups is 1. The number of esters is 2. The Kier molecular flexibility index (Phi) is 8.45. The molecule has 1 aromatic carbocycles. The monoisotopic (exact) mass is 461 g/mol. The summed E-state index contributed by atoms with van der Waals surface area (Å²) in [6.45, 7) is 2.49. The maximum absolute atomic E-state index is 12.6. The third-order valence-corrected chi connectivity index (χ3v) is 5.27. The first-order valence-electron chi connectivity index (χ1n) is 10.4. The highest BCUT2D eigenvalue weighted by atomic mass is 16.6. The quantitative estimate of drug-likeness (QED) is 0.548. The largest absolute Gasteiger partial charge is 0.502 e. The molecule has 0 aliphatic carbocycles. The molecule has 0 amide bonds. The minimum absolute atomic E-state index is 0.0784. The van der Waals surface area contributed by atoms with E-state index in [4.69, 9.17) is 18.6 Å². The number of rotatable bonds is 9. The van der Waals surface area contributed by atoms with Crippen molar-refractivity contribution in [3.05, 3.63) is 57.6 Å². The fourth-order valence-corrected chi connectivity index (χ4v) is 3.54. The number of carbonyl (C=O) groups excluding carboxylic acids is 2. The van der Waals surface area contributed by atoms with Crippen LogP contribution in [0.25, 0.3) is 0 Å². The second kappa shape index (κ2) is 11.5. The van der Waals surface area contributed by atoms with Gasteiger partial charge in [0.15, 0.2) is 12.4 Å². The maximum atomic E-state index is 12.6. The van der Waals surface area contributed by atoms with E-state index in [1.54, 1.807) is 24.3 Å². The van der Waals surface area contributed by atoms with Crippen LogP contribution >= 0.6 is 0 Å². The van der Waals surface area contributed by atoms with Gasteiger partial charge in [-0.3, -0.25) is 14.5 Å². The van der Waals surface area contributed by atoms with Crippen LogP contribution in [0.3, 0.4) is 0 Å². The molecule has 0 radical (unpaired) electrons. The molecule has 0 spiro atoms. The smallest absolute Gasteiger partial charge is 0.343 e. The van der Waals surface area contributed by atoms with Crippen LogP contribution in [0.1, 0.15) is 29.4 Å². The van der Waals surface area contributed by atoms with E-state index in [0.717, 1.165) is 0 Å². The number of benzene rings is 1. The molecule has 0 unspecified atom stereocenters. The van der Waals surface area contributed by atoms with Gasteiger partial charge in [-0.05, 0) is 6.07 Å². The van der Waals surface area contributed by atoms with E-state index < -0.39 is 29.0 Å². The van der Waals surface area contributed by atoms with Gasteiger partial charge in [0.25, 0.3) is 0 Å². The highest BCUT2D eigenvalue weighted by molar-refractivity contribution is 5.72. The summed E-state index contributed by atoms with van der Waals surface area (Å²) in [5.41, 5.74) is -0.184. The molecule has 3 rings (SSSR count). The number of ether oxygens (including phenoxy) is 4. The second-order valence-corrected chi connectivity index (χ2v) is 7.41. The lowest BCUT2D eigenvalue weighted by Crippen LogP contribution is -2.35. The van der Waals surface area contributed by atoms with E-state index in [2.05, 4.69) is 9.64 Å². The summed E-state index contributed by atoms with van der Waals surface area (Å²) in [5.74, 6) is -2.12. The minimum Gasteiger partial charge on any atom is -0.502 e. The Bertz CT molecular complexity index is 1030. The third kappa shape index (κ3) is 6.33. The Balaban J connectivity index is 2.01. The lowest BCUT2D eigenvalue weighted by atomic mass is 9.91. The van der Waals surface area contributed by atoms with E-state index in [9.17, 15) is 19.5 Å². The lowest BCUT2D eigenvalue weighted by Gasteiger charge is -2.26. The Morgan fingerprint density at radius 3 is 2.52 bits per heavy atom. The molecule has 0 saturated carbocycles. The van der Waals surface area contributed by atoms with Crippen LogP contribution < -0.4 is 10.2 Å². The van der Waals surface area contributed by atoms with Crippen LogP contribution in [0.2, 0.25) is 0 Å². The van der Waals surface area contributed by atoms with Crippen molar-refractivity contribution in [2.45, 2.75) is 18.9 Å². The van der Waals surface area contributed by atoms with E-state index in [1.165, 1.54) is 20.3 Å². The molecule has 0 bridgehead atoms. The number of hydrogen-bond donors (Lipinski definition) is 1. The first-order valence-corrected chi connectivity index (χ1v) is 10.4. The third-order valence-electron chi connectivity index (χ3n) is 5.27. The SMILES string of the molecule is COC(=O)COc1ccccc1[C@@H](CC(=O)OC)c1oc(CN2CCOCC2)cc(=O)c1O. The van der Waals surface area contributed by atoms with Gasteiger partial charge in [-0.25, -0.2) is 4.79 Å². The highest BCUT2D eigenvalue weighted by Crippen LogP contribution is 2.38. The van der Waals surface area contributed by atoms with Crippen molar-refractivity contribution >= 4 is 11.9 Å². The molecule has 178 valence electrons. The number of carbonyl (C=O) groups is 2. The molecule has 1 saturated heterocycles. The summed E-state index contributed by atoms with van der Waals surface area (Å²) < 4.78 is 26.3. The predicted molar refractivity (Wildman–Crippen MR) is 115 cm³/mol. The van der Waals surface area contributed by atoms with Crippen molar-refractivity contribution in [2.75, 3.05) is 47.1 Å². The Morgan fingerprint density at radius 2 is 1.82 bits per heavy atom. The molecule has 1 fully saturated rings. The highest BCUT2D eigenvalue weighted by Gasteiger charge is 2.29. The molecule has 1 aliphatic heterocycles. The van der Waals surface area contributed by atoms with Gasteiger partial charge in [-0.2, -0.15) is 0 Å². The van der Waals surface area contributed by atoms with E-state index in [-0.39, 0.29) is 24.5 Å². The summed E-state index contributed by atoms with van der Waals surface area (Å²) >= 11 is 0. The van der Waals surface area contributed by atoms with Crippen molar-refractivity contribution in [1.29, 1.82) is 0 Å². The van der Waals surface area contributed by atoms with Gasteiger partial charge < -0.3 is 28.5 Å². The van der Waals surface area contributed by atoms with Crippen molar-refractivity contribution < 1.29 is 38.1 Å².